The fourth-order valence-electron chi connectivity index (χ4n) is 4.58. The smallest absolute Gasteiger partial charge is 0.251 e. The zero-order chi connectivity index (χ0) is 27.5. The summed E-state index contributed by atoms with van der Waals surface area (Å²) < 4.78 is 17.9. The van der Waals surface area contributed by atoms with Gasteiger partial charge in [0.05, 0.1) is 30.0 Å². The van der Waals surface area contributed by atoms with Gasteiger partial charge in [-0.3, -0.25) is 4.79 Å². The molecule has 2 aromatic rings. The van der Waals surface area contributed by atoms with E-state index in [0.717, 1.165) is 38.8 Å². The van der Waals surface area contributed by atoms with Crippen molar-refractivity contribution in [2.24, 2.45) is 0 Å². The number of halogens is 1. The highest BCUT2D eigenvalue weighted by molar-refractivity contribution is 7.82. The maximum Gasteiger partial charge on any atom is 0.251 e. The molecule has 2 atom stereocenters. The second-order valence-electron chi connectivity index (χ2n) is 9.64. The molecular weight excluding hydrogens is 526 g/mol. The van der Waals surface area contributed by atoms with Gasteiger partial charge in [0.25, 0.3) is 5.91 Å². The summed E-state index contributed by atoms with van der Waals surface area (Å²) in [6.07, 6.45) is 11.2. The summed E-state index contributed by atoms with van der Waals surface area (Å²) in [5, 5.41) is 10.3. The number of carbonyl (C=O) groups excluding carboxylic acids is 1. The first kappa shape index (κ1) is 30.1. The van der Waals surface area contributed by atoms with Crippen molar-refractivity contribution < 1.29 is 13.7 Å². The van der Waals surface area contributed by atoms with Gasteiger partial charge in [-0.25, -0.2) is 13.9 Å². The molecule has 1 aromatic carbocycles. The highest BCUT2D eigenvalue weighted by Crippen LogP contribution is 2.30. The Kier molecular flexibility index (Phi) is 12.0. The third kappa shape index (κ3) is 9.37. The van der Waals surface area contributed by atoms with Crippen molar-refractivity contribution in [1.82, 2.24) is 24.9 Å². The highest BCUT2D eigenvalue weighted by atomic mass is 35.5. The molecule has 2 unspecified atom stereocenters. The summed E-state index contributed by atoms with van der Waals surface area (Å²) in [7, 11) is 4.49. The highest BCUT2D eigenvalue weighted by Gasteiger charge is 2.21. The van der Waals surface area contributed by atoms with Gasteiger partial charge in [0.1, 0.15) is 10.8 Å². The van der Waals surface area contributed by atoms with Gasteiger partial charge in [0.2, 0.25) is 5.95 Å². The van der Waals surface area contributed by atoms with Crippen molar-refractivity contribution >= 4 is 45.9 Å². The molecule has 4 N–H and O–H groups in total. The van der Waals surface area contributed by atoms with E-state index in [1.807, 2.05) is 6.07 Å². The van der Waals surface area contributed by atoms with Crippen LogP contribution in [-0.4, -0.2) is 77.6 Å². The van der Waals surface area contributed by atoms with E-state index in [2.05, 4.69) is 42.6 Å². The molecule has 1 aliphatic carbocycles. The molecule has 2 heterocycles. The SMILES string of the molecule is CNS(C)=O.COc1cc(C(=O)NC2CCCN(C)C2)ccc1Nc1ncc(Cl)c(NC2CCCCC2)n1. The van der Waals surface area contributed by atoms with Crippen LogP contribution in [0.25, 0.3) is 0 Å². The number of benzene rings is 1. The normalized spacial score (nSPS) is 19.0. The number of likely N-dealkylation sites (tertiary alicyclic amines) is 1. The molecule has 210 valence electrons. The minimum atomic E-state index is -0.823. The third-order valence-electron chi connectivity index (χ3n) is 6.65. The van der Waals surface area contributed by atoms with E-state index in [1.165, 1.54) is 19.3 Å². The van der Waals surface area contributed by atoms with Gasteiger partial charge >= 0.3 is 0 Å². The van der Waals surface area contributed by atoms with Crippen molar-refractivity contribution in [1.29, 1.82) is 0 Å². The van der Waals surface area contributed by atoms with Crippen LogP contribution in [0.4, 0.5) is 17.5 Å². The van der Waals surface area contributed by atoms with Crippen LogP contribution in [0.3, 0.4) is 0 Å². The number of amides is 1. The van der Waals surface area contributed by atoms with Crippen molar-refractivity contribution in [3.8, 4) is 5.75 Å². The number of hydrogen-bond donors (Lipinski definition) is 4. The Morgan fingerprint density at radius 1 is 1.16 bits per heavy atom. The molecule has 12 heteroatoms. The molecule has 0 bridgehead atoms. The predicted molar refractivity (Wildman–Crippen MR) is 155 cm³/mol. The predicted octanol–water partition coefficient (Wildman–Crippen LogP) is 3.95. The summed E-state index contributed by atoms with van der Waals surface area (Å²) in [5.41, 5.74) is 1.24. The standard InChI is InChI=1S/C24H33ClN6O2.C2H7NOS/c1-31-12-6-9-18(15-31)28-23(32)16-10-11-20(21(13-16)33-2)29-24-26-14-19(25)22(30-24)27-17-7-4-3-5-8-17;1-3-5(2)4/h10-11,13-14,17-18H,3-9,12,15H2,1-2H3,(H,28,32)(H2,26,27,29,30);3H,1-2H3. The van der Waals surface area contributed by atoms with Crippen LogP contribution in [0.15, 0.2) is 24.4 Å². The minimum Gasteiger partial charge on any atom is -0.495 e. The molecule has 2 aliphatic rings. The Morgan fingerprint density at radius 3 is 2.53 bits per heavy atom. The average molecular weight is 566 g/mol. The fraction of sp³-hybridized carbons (Fsp3) is 0.577. The van der Waals surface area contributed by atoms with Crippen molar-refractivity contribution in [3.63, 3.8) is 0 Å². The number of nitrogens with zero attached hydrogens (tertiary/aromatic N) is 3. The van der Waals surface area contributed by atoms with E-state index in [4.69, 9.17) is 16.3 Å². The molecule has 0 radical (unpaired) electrons. The Balaban J connectivity index is 0.000000732. The van der Waals surface area contributed by atoms with E-state index in [9.17, 15) is 9.00 Å². The molecule has 10 nitrogen and oxygen atoms in total. The number of hydrogen-bond acceptors (Lipinski definition) is 8. The topological polar surface area (TPSA) is 121 Å². The number of piperidine rings is 1. The van der Waals surface area contributed by atoms with E-state index in [0.29, 0.717) is 39.8 Å². The van der Waals surface area contributed by atoms with Crippen LogP contribution in [-0.2, 0) is 11.0 Å². The van der Waals surface area contributed by atoms with E-state index in [-0.39, 0.29) is 11.9 Å². The lowest BCUT2D eigenvalue weighted by Crippen LogP contribution is -2.46. The van der Waals surface area contributed by atoms with Gasteiger partial charge in [-0.2, -0.15) is 4.98 Å². The van der Waals surface area contributed by atoms with Crippen LogP contribution in [0.1, 0.15) is 55.3 Å². The summed E-state index contributed by atoms with van der Waals surface area (Å²) in [4.78, 5) is 23.9. The number of aromatic nitrogens is 2. The molecule has 1 saturated carbocycles. The molecule has 1 aromatic heterocycles. The van der Waals surface area contributed by atoms with E-state index < -0.39 is 11.0 Å². The lowest BCUT2D eigenvalue weighted by atomic mass is 9.95. The van der Waals surface area contributed by atoms with E-state index in [1.54, 1.807) is 38.7 Å². The number of anilines is 3. The molecule has 38 heavy (non-hydrogen) atoms. The fourth-order valence-corrected chi connectivity index (χ4v) is 4.72. The second kappa shape index (κ2) is 15.2. The molecule has 1 saturated heterocycles. The first-order chi connectivity index (χ1) is 18.3. The molecular formula is C26H40ClN7O3S. The number of methoxy groups -OCH3 is 1. The Labute approximate surface area is 233 Å². The van der Waals surface area contributed by atoms with Crippen LogP contribution in [0.5, 0.6) is 5.75 Å². The van der Waals surface area contributed by atoms with Gasteiger partial charge in [0, 0.05) is 30.4 Å². The number of nitrogens with one attached hydrogen (secondary N) is 4. The number of ether oxygens (including phenoxy) is 1. The third-order valence-corrected chi connectivity index (χ3v) is 7.50. The number of carbonyl (C=O) groups is 1. The van der Waals surface area contributed by atoms with Gasteiger partial charge < -0.3 is 25.6 Å². The van der Waals surface area contributed by atoms with Crippen LogP contribution in [0, 0.1) is 0 Å². The lowest BCUT2D eigenvalue weighted by Gasteiger charge is -2.30. The molecule has 2 fully saturated rings. The first-order valence-electron chi connectivity index (χ1n) is 13.0. The zero-order valence-corrected chi connectivity index (χ0v) is 24.3. The van der Waals surface area contributed by atoms with E-state index >= 15 is 0 Å². The minimum absolute atomic E-state index is 0.0955. The summed E-state index contributed by atoms with van der Waals surface area (Å²) in [5.74, 6) is 1.50. The summed E-state index contributed by atoms with van der Waals surface area (Å²) in [6, 6.07) is 5.88. The van der Waals surface area contributed by atoms with Crippen LogP contribution < -0.4 is 25.4 Å². The molecule has 1 aliphatic heterocycles. The van der Waals surface area contributed by atoms with Gasteiger partial charge in [-0.15, -0.1) is 0 Å². The Hall–Kier alpha value is -2.47. The maximum atomic E-state index is 12.8. The Morgan fingerprint density at radius 2 is 1.87 bits per heavy atom. The largest absolute Gasteiger partial charge is 0.495 e. The molecule has 4 rings (SSSR count). The average Bonchev–Trinajstić information content (AvgIpc) is 2.91. The maximum absolute atomic E-state index is 12.8. The van der Waals surface area contributed by atoms with Gasteiger partial charge in [-0.1, -0.05) is 30.9 Å². The van der Waals surface area contributed by atoms with Crippen molar-refractivity contribution in [2.75, 3.05) is 51.2 Å². The second-order valence-corrected chi connectivity index (χ2v) is 11.4. The van der Waals surface area contributed by atoms with Crippen LogP contribution in [0.2, 0.25) is 5.02 Å². The Bertz CT molecular complexity index is 1080. The monoisotopic (exact) mass is 565 g/mol. The number of likely N-dealkylation sites (N-methyl/N-ethyl adjacent to an activating group) is 1. The lowest BCUT2D eigenvalue weighted by molar-refractivity contribution is 0.0912. The quantitative estimate of drug-likeness (QED) is 0.380. The van der Waals surface area contributed by atoms with Crippen molar-refractivity contribution in [2.45, 2.75) is 57.0 Å². The zero-order valence-electron chi connectivity index (χ0n) is 22.7. The first-order valence-corrected chi connectivity index (χ1v) is 15.0. The molecule has 0 spiro atoms. The van der Waals surface area contributed by atoms with Gasteiger partial charge in [0.15, 0.2) is 5.82 Å². The summed E-state index contributed by atoms with van der Waals surface area (Å²) in [6.45, 7) is 1.94. The van der Waals surface area contributed by atoms with Crippen LogP contribution >= 0.6 is 11.6 Å². The number of rotatable bonds is 8. The van der Waals surface area contributed by atoms with Crippen molar-refractivity contribution in [3.05, 3.63) is 35.0 Å². The van der Waals surface area contributed by atoms with Gasteiger partial charge in [-0.05, 0) is 64.5 Å². The summed E-state index contributed by atoms with van der Waals surface area (Å²) >= 11 is 6.33. The molecule has 1 amide bonds.